The number of rotatable bonds is 2. The zero-order valence-corrected chi connectivity index (χ0v) is 7.93. The summed E-state index contributed by atoms with van der Waals surface area (Å²) in [4.78, 5) is 22.5. The second kappa shape index (κ2) is 4.04. The summed E-state index contributed by atoms with van der Waals surface area (Å²) in [6, 6.07) is 3.33. The Morgan fingerprint density at radius 1 is 1.60 bits per heavy atom. The van der Waals surface area contributed by atoms with Gasteiger partial charge in [0.1, 0.15) is 0 Å². The van der Waals surface area contributed by atoms with Crippen molar-refractivity contribution < 1.29 is 9.59 Å². The van der Waals surface area contributed by atoms with Crippen molar-refractivity contribution >= 4 is 17.6 Å². The highest BCUT2D eigenvalue weighted by molar-refractivity contribution is 5.96. The molecule has 0 saturated carbocycles. The number of amides is 2. The number of aromatic nitrogens is 2. The molecule has 6 nitrogen and oxygen atoms in total. The minimum Gasteiger partial charge on any atom is -0.355 e. The molecule has 6 heteroatoms. The molecule has 1 aromatic heterocycles. The van der Waals surface area contributed by atoms with Gasteiger partial charge < -0.3 is 10.6 Å². The Hall–Kier alpha value is -1.98. The molecule has 0 aliphatic carbocycles. The molecular weight excluding hydrogens is 196 g/mol. The van der Waals surface area contributed by atoms with E-state index in [0.29, 0.717) is 12.4 Å². The lowest BCUT2D eigenvalue weighted by Crippen LogP contribution is -2.25. The molecule has 1 fully saturated rings. The fraction of sp³-hybridized carbons (Fsp3) is 0.333. The van der Waals surface area contributed by atoms with E-state index in [1.807, 2.05) is 0 Å². The molecule has 1 aromatic rings. The quantitative estimate of drug-likeness (QED) is 0.686. The molecule has 15 heavy (non-hydrogen) atoms. The molecule has 1 saturated heterocycles. The van der Waals surface area contributed by atoms with Crippen LogP contribution in [0.4, 0.5) is 5.82 Å². The fourth-order valence-electron chi connectivity index (χ4n) is 1.39. The normalized spacial score (nSPS) is 19.7. The van der Waals surface area contributed by atoms with Crippen LogP contribution in [-0.4, -0.2) is 28.6 Å². The lowest BCUT2D eigenvalue weighted by Gasteiger charge is -2.06. The van der Waals surface area contributed by atoms with Crippen molar-refractivity contribution in [2.24, 2.45) is 5.92 Å². The summed E-state index contributed by atoms with van der Waals surface area (Å²) in [7, 11) is 0. The minimum atomic E-state index is -0.306. The first-order valence-corrected chi connectivity index (χ1v) is 4.61. The largest absolute Gasteiger partial charge is 0.355 e. The van der Waals surface area contributed by atoms with Crippen molar-refractivity contribution in [2.45, 2.75) is 6.42 Å². The van der Waals surface area contributed by atoms with Gasteiger partial charge in [0, 0.05) is 19.2 Å². The number of anilines is 1. The number of nitrogens with zero attached hydrogens (tertiary/aromatic N) is 2. The molecule has 1 atom stereocenters. The molecule has 2 rings (SSSR count). The monoisotopic (exact) mass is 206 g/mol. The summed E-state index contributed by atoms with van der Waals surface area (Å²) in [6.07, 6.45) is 1.77. The van der Waals surface area contributed by atoms with Crippen molar-refractivity contribution in [3.8, 4) is 0 Å². The first-order valence-electron chi connectivity index (χ1n) is 4.61. The number of carbonyl (C=O) groups is 2. The van der Waals surface area contributed by atoms with Crippen LogP contribution in [0.25, 0.3) is 0 Å². The second-order valence-electron chi connectivity index (χ2n) is 3.30. The number of carbonyl (C=O) groups excluding carboxylic acids is 2. The maximum Gasteiger partial charge on any atom is 0.230 e. The molecule has 0 spiro atoms. The Kier molecular flexibility index (Phi) is 2.57. The Morgan fingerprint density at radius 3 is 3.07 bits per heavy atom. The summed E-state index contributed by atoms with van der Waals surface area (Å²) in [5, 5.41) is 12.6. The Bertz CT molecular complexity index is 379. The smallest absolute Gasteiger partial charge is 0.230 e. The molecule has 0 bridgehead atoms. The second-order valence-corrected chi connectivity index (χ2v) is 3.30. The molecule has 0 radical (unpaired) electrons. The third-order valence-corrected chi connectivity index (χ3v) is 2.17. The topological polar surface area (TPSA) is 84.0 Å². The molecule has 2 heterocycles. The standard InChI is InChI=1S/C9H10N4O2/c14-8-4-6(5-10-8)9(15)12-7-2-1-3-11-13-7/h1-3,6H,4-5H2,(H,10,14)(H,12,13,15). The molecule has 1 aliphatic rings. The highest BCUT2D eigenvalue weighted by atomic mass is 16.2. The van der Waals surface area contributed by atoms with Gasteiger partial charge in [0.15, 0.2) is 5.82 Å². The maximum absolute atomic E-state index is 11.6. The van der Waals surface area contributed by atoms with E-state index in [-0.39, 0.29) is 24.2 Å². The SMILES string of the molecule is O=C1CC(C(=O)Nc2cccnn2)CN1. The fourth-order valence-corrected chi connectivity index (χ4v) is 1.39. The lowest BCUT2D eigenvalue weighted by molar-refractivity contribution is -0.123. The van der Waals surface area contributed by atoms with Crippen molar-refractivity contribution in [3.63, 3.8) is 0 Å². The van der Waals surface area contributed by atoms with Crippen LogP contribution in [0.5, 0.6) is 0 Å². The van der Waals surface area contributed by atoms with Crippen LogP contribution >= 0.6 is 0 Å². The van der Waals surface area contributed by atoms with E-state index >= 15 is 0 Å². The Balaban J connectivity index is 1.96. The van der Waals surface area contributed by atoms with E-state index in [2.05, 4.69) is 20.8 Å². The maximum atomic E-state index is 11.6. The minimum absolute atomic E-state index is 0.0886. The van der Waals surface area contributed by atoms with Crippen LogP contribution in [0.2, 0.25) is 0 Å². The third-order valence-electron chi connectivity index (χ3n) is 2.17. The molecule has 0 aromatic carbocycles. The van der Waals surface area contributed by atoms with Crippen LogP contribution in [0.1, 0.15) is 6.42 Å². The zero-order valence-electron chi connectivity index (χ0n) is 7.93. The molecule has 1 aliphatic heterocycles. The summed E-state index contributed by atoms with van der Waals surface area (Å²) >= 11 is 0. The van der Waals surface area contributed by atoms with E-state index in [0.717, 1.165) is 0 Å². The average Bonchev–Trinajstić information content (AvgIpc) is 2.66. The van der Waals surface area contributed by atoms with Gasteiger partial charge in [-0.15, -0.1) is 5.10 Å². The first-order chi connectivity index (χ1) is 7.25. The van der Waals surface area contributed by atoms with Gasteiger partial charge >= 0.3 is 0 Å². The van der Waals surface area contributed by atoms with Crippen LogP contribution in [0, 0.1) is 5.92 Å². The summed E-state index contributed by atoms with van der Waals surface area (Å²) in [5.74, 6) is -0.190. The molecular formula is C9H10N4O2. The van der Waals surface area contributed by atoms with Crippen molar-refractivity contribution in [1.29, 1.82) is 0 Å². The summed E-state index contributed by atoms with van der Waals surface area (Å²) in [6.45, 7) is 0.394. The van der Waals surface area contributed by atoms with Crippen molar-refractivity contribution in [1.82, 2.24) is 15.5 Å². The van der Waals surface area contributed by atoms with Crippen molar-refractivity contribution in [3.05, 3.63) is 18.3 Å². The average molecular weight is 206 g/mol. The van der Waals surface area contributed by atoms with Gasteiger partial charge in [0.25, 0.3) is 0 Å². The number of hydrogen-bond donors (Lipinski definition) is 2. The molecule has 2 amide bonds. The van der Waals surface area contributed by atoms with Crippen LogP contribution in [0.3, 0.4) is 0 Å². The number of nitrogens with one attached hydrogen (secondary N) is 2. The first kappa shape index (κ1) is 9.57. The van der Waals surface area contributed by atoms with Gasteiger partial charge in [-0.3, -0.25) is 9.59 Å². The highest BCUT2D eigenvalue weighted by Gasteiger charge is 2.27. The van der Waals surface area contributed by atoms with Crippen LogP contribution < -0.4 is 10.6 Å². The predicted molar refractivity (Wildman–Crippen MR) is 51.8 cm³/mol. The van der Waals surface area contributed by atoms with Gasteiger partial charge in [-0.25, -0.2) is 0 Å². The lowest BCUT2D eigenvalue weighted by atomic mass is 10.1. The van der Waals surface area contributed by atoms with E-state index in [1.54, 1.807) is 12.1 Å². The van der Waals surface area contributed by atoms with Gasteiger partial charge in [-0.1, -0.05) is 0 Å². The third kappa shape index (κ3) is 2.28. The molecule has 1 unspecified atom stereocenters. The van der Waals surface area contributed by atoms with Crippen molar-refractivity contribution in [2.75, 3.05) is 11.9 Å². The summed E-state index contributed by atoms with van der Waals surface area (Å²) in [5.41, 5.74) is 0. The van der Waals surface area contributed by atoms with Crippen LogP contribution in [-0.2, 0) is 9.59 Å². The Morgan fingerprint density at radius 2 is 2.47 bits per heavy atom. The highest BCUT2D eigenvalue weighted by Crippen LogP contribution is 2.11. The van der Waals surface area contributed by atoms with Gasteiger partial charge in [0.2, 0.25) is 11.8 Å². The van der Waals surface area contributed by atoms with Gasteiger partial charge in [0.05, 0.1) is 5.92 Å². The van der Waals surface area contributed by atoms with E-state index in [4.69, 9.17) is 0 Å². The predicted octanol–water partition coefficient (Wildman–Crippen LogP) is -0.449. The van der Waals surface area contributed by atoms with E-state index in [1.165, 1.54) is 6.20 Å². The number of hydrogen-bond acceptors (Lipinski definition) is 4. The van der Waals surface area contributed by atoms with E-state index in [9.17, 15) is 9.59 Å². The Labute approximate surface area is 86.1 Å². The van der Waals surface area contributed by atoms with Gasteiger partial charge in [-0.05, 0) is 12.1 Å². The summed E-state index contributed by atoms with van der Waals surface area (Å²) < 4.78 is 0. The molecule has 2 N–H and O–H groups in total. The van der Waals surface area contributed by atoms with E-state index < -0.39 is 0 Å². The molecule has 78 valence electrons. The zero-order chi connectivity index (χ0) is 10.7. The van der Waals surface area contributed by atoms with Gasteiger partial charge in [-0.2, -0.15) is 5.10 Å². The van der Waals surface area contributed by atoms with Crippen LogP contribution in [0.15, 0.2) is 18.3 Å².